The Balaban J connectivity index is 2.94. The van der Waals surface area contributed by atoms with Crippen LogP contribution in [0.15, 0.2) is 22.7 Å². The second-order valence-corrected chi connectivity index (χ2v) is 3.87. The fourth-order valence-corrected chi connectivity index (χ4v) is 1.81. The van der Waals surface area contributed by atoms with Gasteiger partial charge in [-0.25, -0.2) is 0 Å². The first kappa shape index (κ1) is 10.5. The molecule has 2 nitrogen and oxygen atoms in total. The molecule has 1 aromatic carbocycles. The summed E-state index contributed by atoms with van der Waals surface area (Å²) in [6.07, 6.45) is 0. The molecule has 0 unspecified atom stereocenters. The number of carbonyl (C=O) groups is 1. The molecule has 0 aliphatic rings. The van der Waals surface area contributed by atoms with E-state index in [-0.39, 0.29) is 5.91 Å². The second-order valence-electron chi connectivity index (χ2n) is 2.52. The molecular weight excluding hydrogens is 253 g/mol. The Hall–Kier alpha value is -0.540. The predicted octanol–water partition coefficient (Wildman–Crippen LogP) is 2.85. The minimum Gasteiger partial charge on any atom is -0.352 e. The van der Waals surface area contributed by atoms with Gasteiger partial charge in [0, 0.05) is 21.6 Å². The third kappa shape index (κ3) is 3.01. The van der Waals surface area contributed by atoms with E-state index in [2.05, 4.69) is 21.2 Å². The van der Waals surface area contributed by atoms with Gasteiger partial charge in [0.15, 0.2) is 0 Å². The van der Waals surface area contributed by atoms with E-state index in [4.69, 9.17) is 11.6 Å². The van der Waals surface area contributed by atoms with E-state index in [1.54, 1.807) is 18.2 Å². The Labute approximate surface area is 90.4 Å². The minimum atomic E-state index is -0.106. The SMILES string of the molecule is CCNC(=O)c1cc(Cl)cc(Br)c1. The smallest absolute Gasteiger partial charge is 0.251 e. The van der Waals surface area contributed by atoms with Gasteiger partial charge in [0.2, 0.25) is 0 Å². The third-order valence-corrected chi connectivity index (χ3v) is 2.14. The molecule has 0 aliphatic carbocycles. The fraction of sp³-hybridized carbons (Fsp3) is 0.222. The lowest BCUT2D eigenvalue weighted by Gasteiger charge is -2.02. The molecule has 0 aromatic heterocycles. The van der Waals surface area contributed by atoms with Crippen molar-refractivity contribution in [3.8, 4) is 0 Å². The molecule has 1 aromatic rings. The van der Waals surface area contributed by atoms with Gasteiger partial charge in [-0.2, -0.15) is 0 Å². The van der Waals surface area contributed by atoms with Crippen molar-refractivity contribution in [3.05, 3.63) is 33.3 Å². The summed E-state index contributed by atoms with van der Waals surface area (Å²) in [6, 6.07) is 5.11. The highest BCUT2D eigenvalue weighted by Gasteiger charge is 2.05. The summed E-state index contributed by atoms with van der Waals surface area (Å²) >= 11 is 9.05. The minimum absolute atomic E-state index is 0.106. The van der Waals surface area contributed by atoms with Gasteiger partial charge in [-0.3, -0.25) is 4.79 Å². The van der Waals surface area contributed by atoms with Crippen LogP contribution in [-0.4, -0.2) is 12.5 Å². The zero-order valence-corrected chi connectivity index (χ0v) is 9.45. The molecule has 70 valence electrons. The van der Waals surface area contributed by atoms with Gasteiger partial charge in [-0.15, -0.1) is 0 Å². The maximum absolute atomic E-state index is 11.4. The van der Waals surface area contributed by atoms with E-state index in [0.717, 1.165) is 4.47 Å². The molecule has 4 heteroatoms. The Bertz CT molecular complexity index is 307. The van der Waals surface area contributed by atoms with Gasteiger partial charge < -0.3 is 5.32 Å². The predicted molar refractivity (Wildman–Crippen MR) is 57.2 cm³/mol. The highest BCUT2D eigenvalue weighted by molar-refractivity contribution is 9.10. The molecule has 0 fully saturated rings. The topological polar surface area (TPSA) is 29.1 Å². The molecule has 0 saturated heterocycles. The van der Waals surface area contributed by atoms with Crippen molar-refractivity contribution in [1.29, 1.82) is 0 Å². The fourth-order valence-electron chi connectivity index (χ4n) is 0.948. The summed E-state index contributed by atoms with van der Waals surface area (Å²) in [7, 11) is 0. The van der Waals surface area contributed by atoms with Crippen molar-refractivity contribution in [3.63, 3.8) is 0 Å². The van der Waals surface area contributed by atoms with Gasteiger partial charge in [0.05, 0.1) is 0 Å². The van der Waals surface area contributed by atoms with Crippen LogP contribution in [0, 0.1) is 0 Å². The monoisotopic (exact) mass is 261 g/mol. The summed E-state index contributed by atoms with van der Waals surface area (Å²) in [5.41, 5.74) is 0.571. The quantitative estimate of drug-likeness (QED) is 0.872. The van der Waals surface area contributed by atoms with Crippen LogP contribution < -0.4 is 5.32 Å². The van der Waals surface area contributed by atoms with Crippen LogP contribution in [0.1, 0.15) is 17.3 Å². The molecule has 1 N–H and O–H groups in total. The molecule has 0 radical (unpaired) electrons. The summed E-state index contributed by atoms with van der Waals surface area (Å²) < 4.78 is 0.807. The molecule has 0 bridgehead atoms. The number of benzene rings is 1. The van der Waals surface area contributed by atoms with E-state index in [1.165, 1.54) is 0 Å². The number of hydrogen-bond acceptors (Lipinski definition) is 1. The van der Waals surface area contributed by atoms with Gasteiger partial charge in [0.1, 0.15) is 0 Å². The number of amides is 1. The zero-order valence-electron chi connectivity index (χ0n) is 7.10. The summed E-state index contributed by atoms with van der Waals surface area (Å²) in [5, 5.41) is 3.25. The first-order valence-electron chi connectivity index (χ1n) is 3.87. The Morgan fingerprint density at radius 3 is 2.77 bits per heavy atom. The lowest BCUT2D eigenvalue weighted by Crippen LogP contribution is -2.22. The molecule has 13 heavy (non-hydrogen) atoms. The molecule has 0 spiro atoms. The van der Waals surface area contributed by atoms with Crippen LogP contribution in [0.2, 0.25) is 5.02 Å². The molecular formula is C9H9BrClNO. The van der Waals surface area contributed by atoms with Crippen LogP contribution in [0.4, 0.5) is 0 Å². The number of hydrogen-bond donors (Lipinski definition) is 1. The Morgan fingerprint density at radius 2 is 2.23 bits per heavy atom. The number of halogens is 2. The van der Waals surface area contributed by atoms with E-state index in [9.17, 15) is 4.79 Å². The van der Waals surface area contributed by atoms with Crippen molar-refractivity contribution < 1.29 is 4.79 Å². The normalized spacial score (nSPS) is 9.77. The summed E-state index contributed by atoms with van der Waals surface area (Å²) in [6.45, 7) is 2.49. The van der Waals surface area contributed by atoms with Gasteiger partial charge in [-0.1, -0.05) is 27.5 Å². The highest BCUT2D eigenvalue weighted by atomic mass is 79.9. The maximum Gasteiger partial charge on any atom is 0.251 e. The van der Waals surface area contributed by atoms with E-state index < -0.39 is 0 Å². The lowest BCUT2D eigenvalue weighted by molar-refractivity contribution is 0.0956. The van der Waals surface area contributed by atoms with Crippen LogP contribution >= 0.6 is 27.5 Å². The molecule has 1 amide bonds. The lowest BCUT2D eigenvalue weighted by atomic mass is 10.2. The van der Waals surface area contributed by atoms with Crippen molar-refractivity contribution in [2.45, 2.75) is 6.92 Å². The van der Waals surface area contributed by atoms with Crippen molar-refractivity contribution >= 4 is 33.4 Å². The number of nitrogens with one attached hydrogen (secondary N) is 1. The molecule has 0 heterocycles. The first-order chi connectivity index (χ1) is 6.13. The Kier molecular flexibility index (Phi) is 3.75. The summed E-state index contributed by atoms with van der Waals surface area (Å²) in [5.74, 6) is -0.106. The van der Waals surface area contributed by atoms with Gasteiger partial charge in [0.25, 0.3) is 5.91 Å². The highest BCUT2D eigenvalue weighted by Crippen LogP contribution is 2.19. The van der Waals surface area contributed by atoms with Crippen LogP contribution in [0.5, 0.6) is 0 Å². The number of carbonyl (C=O) groups excluding carboxylic acids is 1. The van der Waals surface area contributed by atoms with Crippen molar-refractivity contribution in [1.82, 2.24) is 5.32 Å². The molecule has 0 saturated carbocycles. The first-order valence-corrected chi connectivity index (χ1v) is 5.05. The van der Waals surface area contributed by atoms with Gasteiger partial charge in [-0.05, 0) is 25.1 Å². The van der Waals surface area contributed by atoms with E-state index >= 15 is 0 Å². The average molecular weight is 263 g/mol. The average Bonchev–Trinajstić information content (AvgIpc) is 2.03. The standard InChI is InChI=1S/C9H9BrClNO/c1-2-12-9(13)6-3-7(10)5-8(11)4-6/h3-5H,2H2,1H3,(H,12,13). The zero-order chi connectivity index (χ0) is 9.84. The van der Waals surface area contributed by atoms with Crippen molar-refractivity contribution in [2.75, 3.05) is 6.54 Å². The van der Waals surface area contributed by atoms with Crippen LogP contribution in [0.3, 0.4) is 0 Å². The van der Waals surface area contributed by atoms with Crippen LogP contribution in [-0.2, 0) is 0 Å². The second kappa shape index (κ2) is 4.63. The van der Waals surface area contributed by atoms with Gasteiger partial charge >= 0.3 is 0 Å². The largest absolute Gasteiger partial charge is 0.352 e. The third-order valence-electron chi connectivity index (χ3n) is 1.46. The number of rotatable bonds is 2. The molecule has 0 aliphatic heterocycles. The maximum atomic E-state index is 11.4. The Morgan fingerprint density at radius 1 is 1.54 bits per heavy atom. The molecule has 0 atom stereocenters. The summed E-state index contributed by atoms with van der Waals surface area (Å²) in [4.78, 5) is 11.4. The van der Waals surface area contributed by atoms with E-state index in [0.29, 0.717) is 17.1 Å². The van der Waals surface area contributed by atoms with Crippen LogP contribution in [0.25, 0.3) is 0 Å². The van der Waals surface area contributed by atoms with Crippen molar-refractivity contribution in [2.24, 2.45) is 0 Å². The molecule has 1 rings (SSSR count). The van der Waals surface area contributed by atoms with E-state index in [1.807, 2.05) is 6.92 Å².